The lowest BCUT2D eigenvalue weighted by molar-refractivity contribution is -0.142. The zero-order chi connectivity index (χ0) is 17.3. The van der Waals surface area contributed by atoms with Crippen LogP contribution in [0, 0.1) is 12.3 Å². The van der Waals surface area contributed by atoms with Crippen LogP contribution in [0.4, 0.5) is 5.69 Å². The van der Waals surface area contributed by atoms with Crippen LogP contribution >= 0.6 is 0 Å². The minimum absolute atomic E-state index is 0.0380. The Morgan fingerprint density at radius 1 is 1.08 bits per heavy atom. The summed E-state index contributed by atoms with van der Waals surface area (Å²) < 4.78 is 5.72. The maximum atomic E-state index is 11.8. The van der Waals surface area contributed by atoms with Crippen molar-refractivity contribution >= 4 is 11.7 Å². The molecule has 0 N–H and O–H groups in total. The van der Waals surface area contributed by atoms with E-state index in [0.29, 0.717) is 6.42 Å². The first-order chi connectivity index (χ1) is 12.1. The zero-order valence-corrected chi connectivity index (χ0v) is 15.4. The van der Waals surface area contributed by atoms with Gasteiger partial charge in [-0.3, -0.25) is 9.69 Å². The van der Waals surface area contributed by atoms with Crippen LogP contribution in [0.2, 0.25) is 0 Å². The van der Waals surface area contributed by atoms with Crippen LogP contribution in [0.3, 0.4) is 0 Å². The number of carbonyl (C=O) groups excluding carboxylic acids is 1. The zero-order valence-electron chi connectivity index (χ0n) is 15.4. The Kier molecular flexibility index (Phi) is 4.72. The molecule has 136 valence electrons. The number of esters is 1. The molecule has 2 heterocycles. The molecule has 1 aromatic carbocycles. The molecular formula is C21H30N2O2. The number of carbonyl (C=O) groups is 1. The van der Waals surface area contributed by atoms with Gasteiger partial charge in [0.25, 0.3) is 0 Å². The van der Waals surface area contributed by atoms with Crippen molar-refractivity contribution in [2.24, 2.45) is 5.41 Å². The highest BCUT2D eigenvalue weighted by molar-refractivity contribution is 5.73. The summed E-state index contributed by atoms with van der Waals surface area (Å²) in [6.45, 7) is 7.55. The summed E-state index contributed by atoms with van der Waals surface area (Å²) in [5, 5.41) is 0. The molecule has 3 aliphatic rings. The first kappa shape index (κ1) is 16.9. The van der Waals surface area contributed by atoms with Gasteiger partial charge in [-0.25, -0.2) is 0 Å². The summed E-state index contributed by atoms with van der Waals surface area (Å²) in [7, 11) is 0. The van der Waals surface area contributed by atoms with Crippen molar-refractivity contribution in [1.29, 1.82) is 0 Å². The van der Waals surface area contributed by atoms with E-state index in [1.807, 2.05) is 0 Å². The van der Waals surface area contributed by atoms with Gasteiger partial charge in [0.05, 0.1) is 6.42 Å². The Hall–Kier alpha value is -1.55. The summed E-state index contributed by atoms with van der Waals surface area (Å²) in [5.74, 6) is 0.0380. The van der Waals surface area contributed by atoms with Gasteiger partial charge in [0, 0.05) is 43.8 Å². The second-order valence-electron chi connectivity index (χ2n) is 8.18. The molecule has 1 aromatic rings. The van der Waals surface area contributed by atoms with Gasteiger partial charge in [-0.2, -0.15) is 0 Å². The predicted octanol–water partition coefficient (Wildman–Crippen LogP) is 3.38. The highest BCUT2D eigenvalue weighted by Crippen LogP contribution is 2.50. The van der Waals surface area contributed by atoms with Crippen molar-refractivity contribution in [3.63, 3.8) is 0 Å². The molecule has 0 radical (unpaired) electrons. The summed E-state index contributed by atoms with van der Waals surface area (Å²) in [6, 6.07) is 8.84. The molecule has 2 aliphatic heterocycles. The highest BCUT2D eigenvalue weighted by atomic mass is 16.6. The van der Waals surface area contributed by atoms with E-state index < -0.39 is 0 Å². The van der Waals surface area contributed by atoms with Crippen LogP contribution in [0.5, 0.6) is 0 Å². The van der Waals surface area contributed by atoms with E-state index in [4.69, 9.17) is 4.74 Å². The molecule has 1 saturated carbocycles. The number of nitrogens with zero attached hydrogens (tertiary/aromatic N) is 2. The van der Waals surface area contributed by atoms with Crippen LogP contribution in [0.15, 0.2) is 24.3 Å². The summed E-state index contributed by atoms with van der Waals surface area (Å²) in [4.78, 5) is 16.9. The van der Waals surface area contributed by atoms with E-state index in [1.54, 1.807) is 0 Å². The fourth-order valence-electron chi connectivity index (χ4n) is 4.95. The third-order valence-electron chi connectivity index (χ3n) is 6.53. The normalized spacial score (nSPS) is 26.4. The minimum atomic E-state index is 0.0380. The van der Waals surface area contributed by atoms with Crippen molar-refractivity contribution < 1.29 is 9.53 Å². The van der Waals surface area contributed by atoms with E-state index >= 15 is 0 Å². The third kappa shape index (κ3) is 3.55. The number of benzene rings is 1. The molecule has 4 rings (SSSR count). The first-order valence-electron chi connectivity index (χ1n) is 9.88. The van der Waals surface area contributed by atoms with Crippen molar-refractivity contribution in [3.05, 3.63) is 29.8 Å². The lowest BCUT2D eigenvalue weighted by atomic mass is 9.78. The number of aryl methyl sites for hydroxylation is 1. The lowest BCUT2D eigenvalue weighted by Crippen LogP contribution is -2.47. The van der Waals surface area contributed by atoms with Crippen LogP contribution < -0.4 is 4.90 Å². The van der Waals surface area contributed by atoms with Gasteiger partial charge in [0.1, 0.15) is 6.10 Å². The Morgan fingerprint density at radius 3 is 2.44 bits per heavy atom. The standard InChI is InChI=1S/C21H30N2O2/c1-17-4-6-18(7-5-17)23-14-12-22(13-15-23)11-8-19-21(9-2-3-10-21)16-20(24)25-19/h4-7,19H,2-3,8-16H2,1H3. The second kappa shape index (κ2) is 6.99. The molecule has 2 saturated heterocycles. The lowest BCUT2D eigenvalue weighted by Gasteiger charge is -2.37. The third-order valence-corrected chi connectivity index (χ3v) is 6.53. The SMILES string of the molecule is Cc1ccc(N2CCN(CCC3OC(=O)CC34CCCC4)CC2)cc1. The topological polar surface area (TPSA) is 32.8 Å². The van der Waals surface area contributed by atoms with Gasteiger partial charge in [-0.05, 0) is 38.3 Å². The molecule has 1 unspecified atom stereocenters. The molecule has 3 fully saturated rings. The van der Waals surface area contributed by atoms with Gasteiger partial charge in [-0.15, -0.1) is 0 Å². The number of cyclic esters (lactones) is 1. The van der Waals surface area contributed by atoms with Gasteiger partial charge < -0.3 is 9.64 Å². The Balaban J connectivity index is 1.27. The van der Waals surface area contributed by atoms with E-state index in [2.05, 4.69) is 41.0 Å². The molecule has 25 heavy (non-hydrogen) atoms. The largest absolute Gasteiger partial charge is 0.462 e. The molecule has 1 aliphatic carbocycles. The van der Waals surface area contributed by atoms with Crippen molar-refractivity contribution in [2.75, 3.05) is 37.6 Å². The van der Waals surface area contributed by atoms with E-state index in [9.17, 15) is 4.79 Å². The molecule has 1 spiro atoms. The molecule has 1 atom stereocenters. The summed E-state index contributed by atoms with van der Waals surface area (Å²) >= 11 is 0. The fourth-order valence-corrected chi connectivity index (χ4v) is 4.95. The molecule has 0 amide bonds. The van der Waals surface area contributed by atoms with Crippen molar-refractivity contribution in [2.45, 2.75) is 51.6 Å². The fraction of sp³-hybridized carbons (Fsp3) is 0.667. The highest BCUT2D eigenvalue weighted by Gasteiger charge is 2.50. The molecule has 4 nitrogen and oxygen atoms in total. The minimum Gasteiger partial charge on any atom is -0.462 e. The molecular weight excluding hydrogens is 312 g/mol. The number of ether oxygens (including phenoxy) is 1. The molecule has 4 heteroatoms. The van der Waals surface area contributed by atoms with Crippen molar-refractivity contribution in [1.82, 2.24) is 4.90 Å². The number of rotatable bonds is 4. The molecule has 0 aromatic heterocycles. The Morgan fingerprint density at radius 2 is 1.76 bits per heavy atom. The van der Waals surface area contributed by atoms with E-state index in [0.717, 1.165) is 39.1 Å². The number of hydrogen-bond acceptors (Lipinski definition) is 4. The van der Waals surface area contributed by atoms with Crippen molar-refractivity contribution in [3.8, 4) is 0 Å². The average Bonchev–Trinajstić information content (AvgIpc) is 3.21. The maximum Gasteiger partial charge on any atom is 0.306 e. The van der Waals surface area contributed by atoms with Gasteiger partial charge in [0.2, 0.25) is 0 Å². The Bertz CT molecular complexity index is 599. The van der Waals surface area contributed by atoms with Gasteiger partial charge in [0.15, 0.2) is 0 Å². The number of anilines is 1. The average molecular weight is 342 g/mol. The summed E-state index contributed by atoms with van der Waals surface area (Å²) in [5.41, 5.74) is 2.83. The Labute approximate surface area is 151 Å². The number of piperazine rings is 1. The van der Waals surface area contributed by atoms with Crippen LogP contribution in [0.25, 0.3) is 0 Å². The summed E-state index contributed by atoms with van der Waals surface area (Å²) in [6.07, 6.45) is 6.74. The van der Waals surface area contributed by atoms with Crippen LogP contribution in [-0.4, -0.2) is 49.7 Å². The second-order valence-corrected chi connectivity index (χ2v) is 8.18. The first-order valence-corrected chi connectivity index (χ1v) is 9.88. The van der Waals surface area contributed by atoms with Crippen LogP contribution in [-0.2, 0) is 9.53 Å². The van der Waals surface area contributed by atoms with E-state index in [-0.39, 0.29) is 17.5 Å². The van der Waals surface area contributed by atoms with Gasteiger partial charge in [-0.1, -0.05) is 30.5 Å². The van der Waals surface area contributed by atoms with E-state index in [1.165, 1.54) is 36.9 Å². The van der Waals surface area contributed by atoms with Gasteiger partial charge >= 0.3 is 5.97 Å². The quantitative estimate of drug-likeness (QED) is 0.785. The smallest absolute Gasteiger partial charge is 0.306 e. The van der Waals surface area contributed by atoms with Crippen LogP contribution in [0.1, 0.15) is 44.1 Å². The maximum absolute atomic E-state index is 11.8. The monoisotopic (exact) mass is 342 g/mol. The predicted molar refractivity (Wildman–Crippen MR) is 99.8 cm³/mol. The number of hydrogen-bond donors (Lipinski definition) is 0. The molecule has 0 bridgehead atoms.